The summed E-state index contributed by atoms with van der Waals surface area (Å²) >= 11 is 0. The number of nitriles is 1. The van der Waals surface area contributed by atoms with Gasteiger partial charge in [-0.3, -0.25) is 0 Å². The highest BCUT2D eigenvalue weighted by Gasteiger charge is 2.11. The number of carboxylic acids is 1. The molecule has 0 fully saturated rings. The Labute approximate surface area is 118 Å². The van der Waals surface area contributed by atoms with Gasteiger partial charge in [0.2, 0.25) is 0 Å². The predicted octanol–water partition coefficient (Wildman–Crippen LogP) is 3.11. The monoisotopic (exact) mass is 289 g/mol. The SMILES string of the molecule is N#Cc1cc(F)ccc1COc1ccc(C(=O)O)c(F)c1. The van der Waals surface area contributed by atoms with Crippen LogP contribution in [0.3, 0.4) is 0 Å². The van der Waals surface area contributed by atoms with Gasteiger partial charge in [-0.05, 0) is 24.3 Å². The van der Waals surface area contributed by atoms with Crippen molar-refractivity contribution in [3.63, 3.8) is 0 Å². The third-order valence-electron chi connectivity index (χ3n) is 2.76. The summed E-state index contributed by atoms with van der Waals surface area (Å²) in [5, 5.41) is 17.6. The molecule has 0 atom stereocenters. The lowest BCUT2D eigenvalue weighted by Crippen LogP contribution is -2.02. The van der Waals surface area contributed by atoms with Crippen molar-refractivity contribution in [3.8, 4) is 11.8 Å². The third kappa shape index (κ3) is 3.34. The zero-order chi connectivity index (χ0) is 15.4. The molecule has 21 heavy (non-hydrogen) atoms. The average Bonchev–Trinajstić information content (AvgIpc) is 2.45. The second kappa shape index (κ2) is 6.01. The summed E-state index contributed by atoms with van der Waals surface area (Å²) in [7, 11) is 0. The fourth-order valence-electron chi connectivity index (χ4n) is 1.70. The number of benzene rings is 2. The molecule has 0 unspecified atom stereocenters. The number of rotatable bonds is 4. The van der Waals surface area contributed by atoms with Gasteiger partial charge < -0.3 is 9.84 Å². The highest BCUT2D eigenvalue weighted by molar-refractivity contribution is 5.88. The molecule has 2 rings (SSSR count). The van der Waals surface area contributed by atoms with Gasteiger partial charge in [0.1, 0.15) is 24.0 Å². The van der Waals surface area contributed by atoms with Crippen molar-refractivity contribution >= 4 is 5.97 Å². The maximum atomic E-state index is 13.5. The molecule has 0 radical (unpaired) electrons. The van der Waals surface area contributed by atoms with E-state index in [2.05, 4.69) is 0 Å². The normalized spacial score (nSPS) is 9.95. The Balaban J connectivity index is 2.16. The van der Waals surface area contributed by atoms with Crippen LogP contribution in [-0.2, 0) is 6.61 Å². The Hall–Kier alpha value is -2.94. The molecule has 2 aromatic carbocycles. The molecule has 0 aromatic heterocycles. The van der Waals surface area contributed by atoms with Crippen LogP contribution in [0.4, 0.5) is 8.78 Å². The van der Waals surface area contributed by atoms with Gasteiger partial charge in [-0.25, -0.2) is 13.6 Å². The second-order valence-corrected chi connectivity index (χ2v) is 4.15. The van der Waals surface area contributed by atoms with Crippen molar-refractivity contribution in [3.05, 3.63) is 64.7 Å². The van der Waals surface area contributed by atoms with E-state index in [4.69, 9.17) is 15.1 Å². The molecule has 0 amide bonds. The first-order chi connectivity index (χ1) is 10.0. The molecule has 0 aliphatic carbocycles. The van der Waals surface area contributed by atoms with Crippen molar-refractivity contribution in [2.75, 3.05) is 0 Å². The molecule has 0 saturated heterocycles. The van der Waals surface area contributed by atoms with E-state index in [-0.39, 0.29) is 17.9 Å². The van der Waals surface area contributed by atoms with Gasteiger partial charge in [-0.2, -0.15) is 5.26 Å². The van der Waals surface area contributed by atoms with Crippen molar-refractivity contribution in [2.24, 2.45) is 0 Å². The molecule has 6 heteroatoms. The largest absolute Gasteiger partial charge is 0.489 e. The summed E-state index contributed by atoms with van der Waals surface area (Å²) < 4.78 is 31.7. The van der Waals surface area contributed by atoms with Crippen LogP contribution in [0.15, 0.2) is 36.4 Å². The van der Waals surface area contributed by atoms with Crippen molar-refractivity contribution in [1.82, 2.24) is 0 Å². The van der Waals surface area contributed by atoms with Crippen LogP contribution >= 0.6 is 0 Å². The summed E-state index contributed by atoms with van der Waals surface area (Å²) in [5.41, 5.74) is 0.112. The fourth-order valence-corrected chi connectivity index (χ4v) is 1.70. The molecule has 4 nitrogen and oxygen atoms in total. The molecular weight excluding hydrogens is 280 g/mol. The van der Waals surface area contributed by atoms with Gasteiger partial charge in [0.15, 0.2) is 0 Å². The molecular formula is C15H9F2NO3. The maximum absolute atomic E-state index is 13.5. The van der Waals surface area contributed by atoms with E-state index in [1.807, 2.05) is 6.07 Å². The lowest BCUT2D eigenvalue weighted by molar-refractivity contribution is 0.0692. The van der Waals surface area contributed by atoms with E-state index in [0.717, 1.165) is 18.2 Å². The maximum Gasteiger partial charge on any atom is 0.338 e. The Morgan fingerprint density at radius 1 is 1.24 bits per heavy atom. The quantitative estimate of drug-likeness (QED) is 0.938. The zero-order valence-electron chi connectivity index (χ0n) is 10.6. The van der Waals surface area contributed by atoms with Crippen LogP contribution in [0.1, 0.15) is 21.5 Å². The number of ether oxygens (including phenoxy) is 1. The van der Waals surface area contributed by atoms with Gasteiger partial charge in [-0.15, -0.1) is 0 Å². The van der Waals surface area contributed by atoms with Crippen LogP contribution in [0.25, 0.3) is 0 Å². The molecule has 2 aromatic rings. The molecule has 0 aliphatic rings. The van der Waals surface area contributed by atoms with E-state index < -0.39 is 23.2 Å². The number of carbonyl (C=O) groups is 1. The smallest absolute Gasteiger partial charge is 0.338 e. The molecule has 0 saturated carbocycles. The van der Waals surface area contributed by atoms with E-state index >= 15 is 0 Å². The molecule has 0 bridgehead atoms. The van der Waals surface area contributed by atoms with Crippen LogP contribution < -0.4 is 4.74 Å². The topological polar surface area (TPSA) is 70.3 Å². The Morgan fingerprint density at radius 2 is 2.00 bits per heavy atom. The molecule has 106 valence electrons. The first-order valence-electron chi connectivity index (χ1n) is 5.85. The summed E-state index contributed by atoms with van der Waals surface area (Å²) in [6, 6.07) is 8.84. The number of hydrogen-bond donors (Lipinski definition) is 1. The van der Waals surface area contributed by atoms with Gasteiger partial charge in [0, 0.05) is 11.6 Å². The highest BCUT2D eigenvalue weighted by Crippen LogP contribution is 2.19. The molecule has 0 aliphatic heterocycles. The van der Waals surface area contributed by atoms with Gasteiger partial charge in [-0.1, -0.05) is 6.07 Å². The summed E-state index contributed by atoms with van der Waals surface area (Å²) in [6.07, 6.45) is 0. The molecule has 1 N–H and O–H groups in total. The number of aromatic carboxylic acids is 1. The van der Waals surface area contributed by atoms with E-state index in [1.165, 1.54) is 18.2 Å². The highest BCUT2D eigenvalue weighted by atomic mass is 19.1. The predicted molar refractivity (Wildman–Crippen MR) is 68.8 cm³/mol. The minimum atomic E-state index is -1.37. The summed E-state index contributed by atoms with van der Waals surface area (Å²) in [4.78, 5) is 10.7. The Kier molecular flexibility index (Phi) is 4.14. The zero-order valence-corrected chi connectivity index (χ0v) is 10.6. The number of halogens is 2. The van der Waals surface area contributed by atoms with Crippen molar-refractivity contribution < 1.29 is 23.4 Å². The number of hydrogen-bond acceptors (Lipinski definition) is 3. The number of nitrogens with zero attached hydrogens (tertiary/aromatic N) is 1. The van der Waals surface area contributed by atoms with Crippen molar-refractivity contribution in [1.29, 1.82) is 5.26 Å². The number of carboxylic acid groups (broad SMARTS) is 1. The lowest BCUT2D eigenvalue weighted by Gasteiger charge is -2.08. The first kappa shape index (κ1) is 14.5. The first-order valence-corrected chi connectivity index (χ1v) is 5.85. The second-order valence-electron chi connectivity index (χ2n) is 4.15. The van der Waals surface area contributed by atoms with E-state index in [9.17, 15) is 13.6 Å². The van der Waals surface area contributed by atoms with Gasteiger partial charge >= 0.3 is 5.97 Å². The minimum absolute atomic E-state index is 0.0605. The average molecular weight is 289 g/mol. The van der Waals surface area contributed by atoms with E-state index in [1.54, 1.807) is 0 Å². The van der Waals surface area contributed by atoms with Gasteiger partial charge in [0.05, 0.1) is 17.2 Å². The fraction of sp³-hybridized carbons (Fsp3) is 0.0667. The van der Waals surface area contributed by atoms with Crippen LogP contribution in [0, 0.1) is 23.0 Å². The Morgan fingerprint density at radius 3 is 2.62 bits per heavy atom. The third-order valence-corrected chi connectivity index (χ3v) is 2.76. The molecule has 0 heterocycles. The summed E-state index contributed by atoms with van der Waals surface area (Å²) in [5.74, 6) is -2.71. The van der Waals surface area contributed by atoms with Crippen LogP contribution in [0.5, 0.6) is 5.75 Å². The van der Waals surface area contributed by atoms with Gasteiger partial charge in [0.25, 0.3) is 0 Å². The van der Waals surface area contributed by atoms with Crippen LogP contribution in [0.2, 0.25) is 0 Å². The molecule has 0 spiro atoms. The Bertz CT molecular complexity index is 738. The summed E-state index contributed by atoms with van der Waals surface area (Å²) in [6.45, 7) is -0.0605. The standard InChI is InChI=1S/C15H9F2NO3/c16-11-2-1-9(10(5-11)7-18)8-21-12-3-4-13(15(19)20)14(17)6-12/h1-6H,8H2,(H,19,20). The van der Waals surface area contributed by atoms with Crippen LogP contribution in [-0.4, -0.2) is 11.1 Å². The van der Waals surface area contributed by atoms with Crippen molar-refractivity contribution in [2.45, 2.75) is 6.61 Å². The lowest BCUT2D eigenvalue weighted by atomic mass is 10.1. The van der Waals surface area contributed by atoms with E-state index in [0.29, 0.717) is 5.56 Å². The minimum Gasteiger partial charge on any atom is -0.489 e.